The molecule has 1 aliphatic rings. The van der Waals surface area contributed by atoms with E-state index in [-0.39, 0.29) is 11.8 Å². The average Bonchev–Trinajstić information content (AvgIpc) is 2.76. The molecule has 0 bridgehead atoms. The summed E-state index contributed by atoms with van der Waals surface area (Å²) >= 11 is 2.00. The second-order valence-corrected chi connectivity index (χ2v) is 9.38. The Hall–Kier alpha value is -2.51. The van der Waals surface area contributed by atoms with E-state index >= 15 is 0 Å². The van der Waals surface area contributed by atoms with E-state index in [1.54, 1.807) is 12.1 Å². The Balaban J connectivity index is 1.64. The molecule has 1 fully saturated rings. The van der Waals surface area contributed by atoms with E-state index < -0.39 is 12.1 Å². The van der Waals surface area contributed by atoms with Crippen LogP contribution < -0.4 is 16.0 Å². The lowest BCUT2D eigenvalue weighted by Crippen LogP contribution is -2.48. The number of urea groups is 1. The maximum atomic E-state index is 13.0. The van der Waals surface area contributed by atoms with Crippen LogP contribution in [0.1, 0.15) is 25.0 Å². The Bertz CT molecular complexity index is 882. The Morgan fingerprint density at radius 2 is 1.71 bits per heavy atom. The van der Waals surface area contributed by atoms with E-state index in [2.05, 4.69) is 26.9 Å². The summed E-state index contributed by atoms with van der Waals surface area (Å²) in [4.78, 5) is 27.9. The van der Waals surface area contributed by atoms with Crippen LogP contribution in [0.25, 0.3) is 0 Å². The van der Waals surface area contributed by atoms with Gasteiger partial charge in [0.25, 0.3) is 0 Å². The largest absolute Gasteiger partial charge is 0.326 e. The number of nitrogens with one attached hydrogen (secondary N) is 3. The summed E-state index contributed by atoms with van der Waals surface area (Å²) in [5, 5.41) is 8.62. The Morgan fingerprint density at radius 3 is 2.39 bits per heavy atom. The molecule has 0 spiro atoms. The summed E-state index contributed by atoms with van der Waals surface area (Å²) in [5.41, 5.74) is 3.78. The van der Waals surface area contributed by atoms with Gasteiger partial charge in [-0.2, -0.15) is 11.8 Å². The number of benzene rings is 2. The first-order valence-corrected chi connectivity index (χ1v) is 11.9. The summed E-state index contributed by atoms with van der Waals surface area (Å²) in [6, 6.07) is 14.2. The third-order valence-electron chi connectivity index (χ3n) is 5.47. The molecule has 3 amide bonds. The van der Waals surface area contributed by atoms with Gasteiger partial charge in [0.2, 0.25) is 5.91 Å². The minimum absolute atomic E-state index is 0.0594. The summed E-state index contributed by atoms with van der Waals surface area (Å²) in [6.45, 7) is 8.97. The lowest BCUT2D eigenvalue weighted by atomic mass is 10.0. The zero-order chi connectivity index (χ0) is 22.2. The van der Waals surface area contributed by atoms with E-state index in [0.29, 0.717) is 5.69 Å². The molecule has 3 rings (SSSR count). The molecule has 2 aromatic carbocycles. The molecule has 2 aromatic rings. The predicted octanol–water partition coefficient (Wildman–Crippen LogP) is 4.33. The molecule has 0 saturated carbocycles. The highest BCUT2D eigenvalue weighted by molar-refractivity contribution is 7.99. The Kier molecular flexibility index (Phi) is 8.37. The van der Waals surface area contributed by atoms with Crippen molar-refractivity contribution in [1.82, 2.24) is 10.2 Å². The number of anilines is 2. The highest BCUT2D eigenvalue weighted by Crippen LogP contribution is 2.22. The molecule has 0 aliphatic carbocycles. The van der Waals surface area contributed by atoms with Crippen molar-refractivity contribution >= 4 is 35.1 Å². The number of carbonyl (C=O) groups excluding carboxylic acids is 2. The number of rotatable bonds is 7. The molecule has 3 N–H and O–H groups in total. The van der Waals surface area contributed by atoms with Gasteiger partial charge in [-0.05, 0) is 42.2 Å². The zero-order valence-electron chi connectivity index (χ0n) is 18.5. The Morgan fingerprint density at radius 1 is 1.00 bits per heavy atom. The predicted molar refractivity (Wildman–Crippen MR) is 130 cm³/mol. The molecule has 1 heterocycles. The van der Waals surface area contributed by atoms with Crippen LogP contribution in [0.2, 0.25) is 0 Å². The minimum atomic E-state index is -0.647. The van der Waals surface area contributed by atoms with Gasteiger partial charge in [-0.3, -0.25) is 9.69 Å². The smallest absolute Gasteiger partial charge is 0.319 e. The number of hydrogen-bond donors (Lipinski definition) is 3. The fourth-order valence-corrected chi connectivity index (χ4v) is 4.54. The van der Waals surface area contributed by atoms with E-state index in [1.807, 2.05) is 62.9 Å². The first kappa shape index (κ1) is 23.2. The first-order chi connectivity index (χ1) is 14.9. The van der Waals surface area contributed by atoms with Gasteiger partial charge in [0.15, 0.2) is 0 Å². The van der Waals surface area contributed by atoms with E-state index in [9.17, 15) is 9.59 Å². The number of carbonyl (C=O) groups is 2. The second-order valence-electron chi connectivity index (χ2n) is 8.15. The molecule has 6 nitrogen and oxygen atoms in total. The summed E-state index contributed by atoms with van der Waals surface area (Å²) in [6.07, 6.45) is 0. The molecule has 0 aromatic heterocycles. The van der Waals surface area contributed by atoms with Crippen LogP contribution in [0.15, 0.2) is 48.5 Å². The van der Waals surface area contributed by atoms with Gasteiger partial charge >= 0.3 is 6.03 Å². The maximum absolute atomic E-state index is 13.0. The lowest BCUT2D eigenvalue weighted by Gasteiger charge is -2.27. The van der Waals surface area contributed by atoms with Crippen LogP contribution in [-0.4, -0.2) is 47.5 Å². The van der Waals surface area contributed by atoms with Crippen molar-refractivity contribution in [3.05, 3.63) is 59.7 Å². The average molecular weight is 441 g/mol. The van der Waals surface area contributed by atoms with E-state index in [1.165, 1.54) is 17.1 Å². The number of hydrogen-bond acceptors (Lipinski definition) is 4. The second kappa shape index (κ2) is 11.2. The quantitative estimate of drug-likeness (QED) is 0.599. The van der Waals surface area contributed by atoms with Crippen LogP contribution in [-0.2, 0) is 11.3 Å². The maximum Gasteiger partial charge on any atom is 0.319 e. The third kappa shape index (κ3) is 6.74. The van der Waals surface area contributed by atoms with Crippen molar-refractivity contribution in [2.24, 2.45) is 5.92 Å². The molecule has 7 heteroatoms. The zero-order valence-corrected chi connectivity index (χ0v) is 19.3. The van der Waals surface area contributed by atoms with Gasteiger partial charge < -0.3 is 16.0 Å². The molecule has 0 radical (unpaired) electrons. The standard InChI is InChI=1S/C24H32N4O2S/c1-17(2)22(27-24(30)25-20-9-5-4-6-10-20)23(29)26-21-11-7-8-19(18(21)3)16-28-12-14-31-15-13-28/h4-11,17,22H,12-16H2,1-3H3,(H,26,29)(H2,25,27,30). The van der Waals surface area contributed by atoms with E-state index in [0.717, 1.165) is 30.9 Å². The van der Waals surface area contributed by atoms with Gasteiger partial charge in [-0.1, -0.05) is 44.2 Å². The van der Waals surface area contributed by atoms with Crippen molar-refractivity contribution in [3.63, 3.8) is 0 Å². The monoisotopic (exact) mass is 440 g/mol. The van der Waals surface area contributed by atoms with Crippen molar-refractivity contribution < 1.29 is 9.59 Å². The summed E-state index contributed by atoms with van der Waals surface area (Å²) in [5.74, 6) is 2.06. The molecule has 1 atom stereocenters. The Labute approximate surface area is 189 Å². The molecule has 1 aliphatic heterocycles. The molecule has 1 saturated heterocycles. The van der Waals surface area contributed by atoms with Gasteiger partial charge in [0.1, 0.15) is 6.04 Å². The molecule has 1 unspecified atom stereocenters. The SMILES string of the molecule is Cc1c(CN2CCSCC2)cccc1NC(=O)C(NC(=O)Nc1ccccc1)C(C)C. The van der Waals surface area contributed by atoms with Crippen LogP contribution in [0.3, 0.4) is 0 Å². The van der Waals surface area contributed by atoms with Gasteiger partial charge in [-0.15, -0.1) is 0 Å². The number of para-hydroxylation sites is 1. The fraction of sp³-hybridized carbons (Fsp3) is 0.417. The topological polar surface area (TPSA) is 73.5 Å². The van der Waals surface area contributed by atoms with Crippen molar-refractivity contribution in [3.8, 4) is 0 Å². The van der Waals surface area contributed by atoms with Crippen molar-refractivity contribution in [1.29, 1.82) is 0 Å². The third-order valence-corrected chi connectivity index (χ3v) is 6.41. The number of nitrogens with zero attached hydrogens (tertiary/aromatic N) is 1. The normalized spacial score (nSPS) is 15.4. The fourth-order valence-electron chi connectivity index (χ4n) is 3.57. The van der Waals surface area contributed by atoms with Gasteiger partial charge in [0.05, 0.1) is 0 Å². The van der Waals surface area contributed by atoms with Crippen molar-refractivity contribution in [2.45, 2.75) is 33.4 Å². The lowest BCUT2D eigenvalue weighted by molar-refractivity contribution is -0.118. The van der Waals surface area contributed by atoms with Crippen molar-refractivity contribution in [2.75, 3.05) is 35.2 Å². The van der Waals surface area contributed by atoms with Crippen LogP contribution in [0.4, 0.5) is 16.2 Å². The number of amides is 3. The van der Waals surface area contributed by atoms with Crippen LogP contribution in [0, 0.1) is 12.8 Å². The number of thioether (sulfide) groups is 1. The van der Waals surface area contributed by atoms with Gasteiger partial charge in [-0.25, -0.2) is 4.79 Å². The minimum Gasteiger partial charge on any atom is -0.326 e. The molecular formula is C24H32N4O2S. The molecule has 31 heavy (non-hydrogen) atoms. The van der Waals surface area contributed by atoms with E-state index in [4.69, 9.17) is 0 Å². The molecule has 166 valence electrons. The van der Waals surface area contributed by atoms with Gasteiger partial charge in [0, 0.05) is 42.5 Å². The highest BCUT2D eigenvalue weighted by Gasteiger charge is 2.25. The summed E-state index contributed by atoms with van der Waals surface area (Å²) < 4.78 is 0. The molecular weight excluding hydrogens is 408 g/mol. The first-order valence-electron chi connectivity index (χ1n) is 10.8. The van der Waals surface area contributed by atoms with Crippen LogP contribution in [0.5, 0.6) is 0 Å². The summed E-state index contributed by atoms with van der Waals surface area (Å²) in [7, 11) is 0. The van der Waals surface area contributed by atoms with Crippen LogP contribution >= 0.6 is 11.8 Å². The highest BCUT2D eigenvalue weighted by atomic mass is 32.2.